The van der Waals surface area contributed by atoms with Gasteiger partial charge in [0.2, 0.25) is 0 Å². The molecule has 1 aromatic rings. The Balaban J connectivity index is 2.17. The zero-order valence-electron chi connectivity index (χ0n) is 10.2. The van der Waals surface area contributed by atoms with Crippen LogP contribution in [0.15, 0.2) is 24.3 Å². The molecule has 98 valence electrons. The summed E-state index contributed by atoms with van der Waals surface area (Å²) in [6.07, 6.45) is 0.558. The van der Waals surface area contributed by atoms with Gasteiger partial charge in [0, 0.05) is 24.4 Å². The molecule has 0 bridgehead atoms. The maximum absolute atomic E-state index is 13.8. The topological polar surface area (TPSA) is 61.4 Å². The van der Waals surface area contributed by atoms with E-state index in [1.54, 1.807) is 18.2 Å². The molecule has 0 spiro atoms. The van der Waals surface area contributed by atoms with Crippen molar-refractivity contribution in [3.05, 3.63) is 35.6 Å². The van der Waals surface area contributed by atoms with Gasteiger partial charge in [-0.3, -0.25) is 15.6 Å². The second kappa shape index (κ2) is 5.46. The molecule has 2 rings (SSSR count). The smallest absolute Gasteiger partial charge is 0.303 e. The first-order valence-corrected chi connectivity index (χ1v) is 6.07. The molecule has 0 amide bonds. The number of hydrogen-bond donors (Lipinski definition) is 3. The van der Waals surface area contributed by atoms with E-state index in [0.29, 0.717) is 12.0 Å². The maximum Gasteiger partial charge on any atom is 0.303 e. The standard InChI is InChI=1S/C13H17FN2O2/c1-8-13(9-4-2-3-5-10(9)14)11(16-15-8)6-7-12(17)18/h2-5,8,11,13,15-16H,6-7H2,1H3,(H,17,18). The van der Waals surface area contributed by atoms with Crippen molar-refractivity contribution in [2.75, 3.05) is 0 Å². The van der Waals surface area contributed by atoms with Gasteiger partial charge in [0.15, 0.2) is 0 Å². The van der Waals surface area contributed by atoms with Crippen molar-refractivity contribution in [1.82, 2.24) is 10.9 Å². The average molecular weight is 252 g/mol. The van der Waals surface area contributed by atoms with Gasteiger partial charge in [-0.05, 0) is 25.0 Å². The summed E-state index contributed by atoms with van der Waals surface area (Å²) in [7, 11) is 0. The van der Waals surface area contributed by atoms with E-state index in [9.17, 15) is 9.18 Å². The van der Waals surface area contributed by atoms with Crippen molar-refractivity contribution in [3.8, 4) is 0 Å². The number of benzene rings is 1. The zero-order valence-corrected chi connectivity index (χ0v) is 10.2. The molecular weight excluding hydrogens is 235 g/mol. The summed E-state index contributed by atoms with van der Waals surface area (Å²) >= 11 is 0. The summed E-state index contributed by atoms with van der Waals surface area (Å²) in [5.74, 6) is -1.12. The van der Waals surface area contributed by atoms with Gasteiger partial charge in [-0.15, -0.1) is 0 Å². The minimum atomic E-state index is -0.830. The molecule has 18 heavy (non-hydrogen) atoms. The predicted octanol–water partition coefficient (Wildman–Crippen LogP) is 1.64. The van der Waals surface area contributed by atoms with Crippen LogP contribution in [0.25, 0.3) is 0 Å². The Labute approximate surface area is 105 Å². The van der Waals surface area contributed by atoms with Gasteiger partial charge in [-0.1, -0.05) is 18.2 Å². The van der Waals surface area contributed by atoms with Crippen LogP contribution in [0.3, 0.4) is 0 Å². The Kier molecular flexibility index (Phi) is 3.93. The molecular formula is C13H17FN2O2. The number of rotatable bonds is 4. The Morgan fingerprint density at radius 2 is 2.11 bits per heavy atom. The van der Waals surface area contributed by atoms with Gasteiger partial charge in [0.05, 0.1) is 0 Å². The minimum Gasteiger partial charge on any atom is -0.481 e. The number of nitrogens with one attached hydrogen (secondary N) is 2. The van der Waals surface area contributed by atoms with E-state index in [0.717, 1.165) is 0 Å². The van der Waals surface area contributed by atoms with Crippen LogP contribution in [-0.2, 0) is 4.79 Å². The van der Waals surface area contributed by atoms with Crippen molar-refractivity contribution in [2.24, 2.45) is 0 Å². The molecule has 0 saturated carbocycles. The van der Waals surface area contributed by atoms with E-state index in [2.05, 4.69) is 10.9 Å². The molecule has 0 aliphatic carbocycles. The molecule has 1 aromatic carbocycles. The second-order valence-electron chi connectivity index (χ2n) is 4.66. The number of hydrazine groups is 1. The normalized spacial score (nSPS) is 27.3. The lowest BCUT2D eigenvalue weighted by atomic mass is 9.85. The highest BCUT2D eigenvalue weighted by Gasteiger charge is 2.35. The van der Waals surface area contributed by atoms with Gasteiger partial charge in [0.1, 0.15) is 5.82 Å². The lowest BCUT2D eigenvalue weighted by molar-refractivity contribution is -0.137. The van der Waals surface area contributed by atoms with Crippen molar-refractivity contribution in [2.45, 2.75) is 37.8 Å². The summed E-state index contributed by atoms with van der Waals surface area (Å²) in [6.45, 7) is 1.96. The van der Waals surface area contributed by atoms with Crippen LogP contribution >= 0.6 is 0 Å². The van der Waals surface area contributed by atoms with Crippen LogP contribution in [-0.4, -0.2) is 23.2 Å². The quantitative estimate of drug-likeness (QED) is 0.762. The molecule has 3 atom stereocenters. The molecule has 1 aliphatic rings. The number of carboxylic acids is 1. The monoisotopic (exact) mass is 252 g/mol. The van der Waals surface area contributed by atoms with Gasteiger partial charge >= 0.3 is 5.97 Å². The summed E-state index contributed by atoms with van der Waals surface area (Å²) in [5.41, 5.74) is 6.75. The molecule has 0 aromatic heterocycles. The second-order valence-corrected chi connectivity index (χ2v) is 4.66. The fraction of sp³-hybridized carbons (Fsp3) is 0.462. The highest BCUT2D eigenvalue weighted by Crippen LogP contribution is 2.31. The molecule has 4 nitrogen and oxygen atoms in total. The third kappa shape index (κ3) is 2.68. The Morgan fingerprint density at radius 3 is 2.78 bits per heavy atom. The van der Waals surface area contributed by atoms with Gasteiger partial charge in [-0.2, -0.15) is 0 Å². The number of halogens is 1. The molecule has 1 saturated heterocycles. The van der Waals surface area contributed by atoms with Gasteiger partial charge < -0.3 is 5.11 Å². The molecule has 3 N–H and O–H groups in total. The number of hydrogen-bond acceptors (Lipinski definition) is 3. The SMILES string of the molecule is CC1NNC(CCC(=O)O)C1c1ccccc1F. The molecule has 5 heteroatoms. The highest BCUT2D eigenvalue weighted by molar-refractivity contribution is 5.66. The summed E-state index contributed by atoms with van der Waals surface area (Å²) < 4.78 is 13.8. The van der Waals surface area contributed by atoms with E-state index in [1.807, 2.05) is 6.92 Å². The zero-order chi connectivity index (χ0) is 13.1. The van der Waals surface area contributed by atoms with Crippen LogP contribution in [0.5, 0.6) is 0 Å². The van der Waals surface area contributed by atoms with E-state index in [4.69, 9.17) is 5.11 Å². The number of aliphatic carboxylic acids is 1. The van der Waals surface area contributed by atoms with Gasteiger partial charge in [-0.25, -0.2) is 4.39 Å². The van der Waals surface area contributed by atoms with Crippen LogP contribution in [0, 0.1) is 5.82 Å². The number of carbonyl (C=O) groups is 1. The van der Waals surface area contributed by atoms with Crippen molar-refractivity contribution in [1.29, 1.82) is 0 Å². The highest BCUT2D eigenvalue weighted by atomic mass is 19.1. The predicted molar refractivity (Wildman–Crippen MR) is 65.5 cm³/mol. The Bertz CT molecular complexity index is 439. The average Bonchev–Trinajstić information content (AvgIpc) is 2.69. The fourth-order valence-corrected chi connectivity index (χ4v) is 2.53. The first-order valence-electron chi connectivity index (χ1n) is 6.07. The van der Waals surface area contributed by atoms with Crippen LogP contribution in [0.2, 0.25) is 0 Å². The molecule has 1 heterocycles. The van der Waals surface area contributed by atoms with Crippen molar-refractivity contribution >= 4 is 5.97 Å². The fourth-order valence-electron chi connectivity index (χ4n) is 2.53. The third-order valence-electron chi connectivity index (χ3n) is 3.40. The van der Waals surface area contributed by atoms with Crippen LogP contribution in [0.4, 0.5) is 4.39 Å². The number of carboxylic acid groups (broad SMARTS) is 1. The maximum atomic E-state index is 13.8. The molecule has 0 radical (unpaired) electrons. The summed E-state index contributed by atoms with van der Waals surface area (Å²) in [6, 6.07) is 6.67. The van der Waals surface area contributed by atoms with E-state index < -0.39 is 5.97 Å². The van der Waals surface area contributed by atoms with Crippen LogP contribution < -0.4 is 10.9 Å². The molecule has 1 fully saturated rings. The van der Waals surface area contributed by atoms with E-state index >= 15 is 0 Å². The first kappa shape index (κ1) is 13.0. The largest absolute Gasteiger partial charge is 0.481 e. The van der Waals surface area contributed by atoms with Gasteiger partial charge in [0.25, 0.3) is 0 Å². The molecule has 3 unspecified atom stereocenters. The lowest BCUT2D eigenvalue weighted by Gasteiger charge is -2.21. The Hall–Kier alpha value is -1.46. The van der Waals surface area contributed by atoms with Crippen molar-refractivity contribution < 1.29 is 14.3 Å². The van der Waals surface area contributed by atoms with E-state index in [1.165, 1.54) is 6.07 Å². The minimum absolute atomic E-state index is 0.0504. The summed E-state index contributed by atoms with van der Waals surface area (Å²) in [5, 5.41) is 8.73. The van der Waals surface area contributed by atoms with Crippen LogP contribution in [0.1, 0.15) is 31.2 Å². The third-order valence-corrected chi connectivity index (χ3v) is 3.40. The van der Waals surface area contributed by atoms with Crippen molar-refractivity contribution in [3.63, 3.8) is 0 Å². The Morgan fingerprint density at radius 1 is 1.39 bits per heavy atom. The molecule has 1 aliphatic heterocycles. The summed E-state index contributed by atoms with van der Waals surface area (Å²) in [4.78, 5) is 10.6. The van der Waals surface area contributed by atoms with E-state index in [-0.39, 0.29) is 30.2 Å². The first-order chi connectivity index (χ1) is 8.59. The lowest BCUT2D eigenvalue weighted by Crippen LogP contribution is -2.32.